The Labute approximate surface area is 199 Å². The number of carboxylic acid groups (broad SMARTS) is 1. The molecule has 1 heterocycles. The average Bonchev–Trinajstić information content (AvgIpc) is 3.10. The topological polar surface area (TPSA) is 78.9 Å². The number of para-hydroxylation sites is 1. The van der Waals surface area contributed by atoms with Gasteiger partial charge < -0.3 is 20.1 Å². The van der Waals surface area contributed by atoms with Gasteiger partial charge in [-0.1, -0.05) is 61.9 Å². The fraction of sp³-hybridized carbons (Fsp3) is 0.385. The summed E-state index contributed by atoms with van der Waals surface area (Å²) in [5.41, 5.74) is 1.77. The van der Waals surface area contributed by atoms with Gasteiger partial charge in [0, 0.05) is 11.7 Å². The second-order valence-electron chi connectivity index (χ2n) is 8.59. The molecule has 0 radical (unpaired) electrons. The molecule has 1 saturated carbocycles. The number of thioether (sulfide) groups is 1. The highest BCUT2D eigenvalue weighted by Gasteiger charge is 2.42. The van der Waals surface area contributed by atoms with E-state index in [9.17, 15) is 9.59 Å². The van der Waals surface area contributed by atoms with Crippen LogP contribution >= 0.6 is 11.8 Å². The third-order valence-corrected chi connectivity index (χ3v) is 7.30. The number of carbonyl (C=O) groups is 2. The summed E-state index contributed by atoms with van der Waals surface area (Å²) in [7, 11) is 0. The van der Waals surface area contributed by atoms with Crippen molar-refractivity contribution in [1.29, 1.82) is 0 Å². The van der Waals surface area contributed by atoms with Crippen molar-refractivity contribution in [2.75, 3.05) is 11.9 Å². The minimum Gasteiger partial charge on any atom is -0.493 e. The highest BCUT2D eigenvalue weighted by atomic mass is 32.2. The van der Waals surface area contributed by atoms with Crippen molar-refractivity contribution in [3.63, 3.8) is 0 Å². The highest BCUT2D eigenvalue weighted by Crippen LogP contribution is 2.42. The van der Waals surface area contributed by atoms with E-state index in [0.717, 1.165) is 35.4 Å². The zero-order chi connectivity index (χ0) is 23.2. The van der Waals surface area contributed by atoms with Gasteiger partial charge in [0.25, 0.3) is 5.91 Å². The van der Waals surface area contributed by atoms with Gasteiger partial charge in [-0.3, -0.25) is 9.59 Å². The second kappa shape index (κ2) is 10.8. The maximum Gasteiger partial charge on any atom is 0.306 e. The van der Waals surface area contributed by atoms with Gasteiger partial charge in [-0.15, -0.1) is 0 Å². The molecule has 2 aromatic carbocycles. The zero-order valence-corrected chi connectivity index (χ0v) is 19.6. The summed E-state index contributed by atoms with van der Waals surface area (Å²) >= 11 is 1.56. The van der Waals surface area contributed by atoms with Crippen molar-refractivity contribution in [3.05, 3.63) is 65.1 Å². The molecule has 174 valence electrons. The molecule has 1 amide bonds. The van der Waals surface area contributed by atoms with Crippen LogP contribution in [0.3, 0.4) is 0 Å². The second-order valence-corrected chi connectivity index (χ2v) is 9.71. The van der Waals surface area contributed by atoms with Crippen LogP contribution in [-0.2, 0) is 9.59 Å². The first kappa shape index (κ1) is 23.2. The van der Waals surface area contributed by atoms with Crippen molar-refractivity contribution in [2.45, 2.75) is 50.6 Å². The van der Waals surface area contributed by atoms with Crippen LogP contribution in [0, 0.1) is 5.92 Å². The minimum atomic E-state index is -0.886. The molecule has 2 N–H and O–H groups in total. The van der Waals surface area contributed by atoms with E-state index in [1.165, 1.54) is 6.42 Å². The van der Waals surface area contributed by atoms with Gasteiger partial charge in [0.1, 0.15) is 5.75 Å². The number of hydrogen-bond acceptors (Lipinski definition) is 5. The van der Waals surface area contributed by atoms with Gasteiger partial charge in [0.2, 0.25) is 0 Å². The molecular formula is C26H30N2O4S. The SMILES string of the molecule is C[C@H]1CCCC[C@H]1N1C(=O)/C(=C/c2ccc(OCCC(=O)O)cc2)SC1Nc1ccccc1. The predicted molar refractivity (Wildman–Crippen MR) is 132 cm³/mol. The number of benzene rings is 2. The molecule has 1 unspecified atom stereocenters. The van der Waals surface area contributed by atoms with Crippen molar-refractivity contribution in [3.8, 4) is 5.75 Å². The third-order valence-electron chi connectivity index (χ3n) is 6.19. The van der Waals surface area contributed by atoms with E-state index in [1.54, 1.807) is 23.9 Å². The predicted octanol–water partition coefficient (Wildman–Crippen LogP) is 5.43. The van der Waals surface area contributed by atoms with Crippen LogP contribution in [0.15, 0.2) is 59.5 Å². The molecule has 0 bridgehead atoms. The van der Waals surface area contributed by atoms with Gasteiger partial charge in [0.15, 0.2) is 5.50 Å². The van der Waals surface area contributed by atoms with Gasteiger partial charge in [0.05, 0.1) is 17.9 Å². The molecule has 2 fully saturated rings. The Morgan fingerprint density at radius 1 is 1.15 bits per heavy atom. The Morgan fingerprint density at radius 3 is 2.58 bits per heavy atom. The lowest BCUT2D eigenvalue weighted by molar-refractivity contribution is -0.137. The summed E-state index contributed by atoms with van der Waals surface area (Å²) in [4.78, 5) is 27.0. The average molecular weight is 467 g/mol. The Kier molecular flexibility index (Phi) is 7.60. The van der Waals surface area contributed by atoms with Crippen molar-refractivity contribution < 1.29 is 19.4 Å². The van der Waals surface area contributed by atoms with Gasteiger partial charge in [-0.2, -0.15) is 0 Å². The Balaban J connectivity index is 1.52. The first-order valence-corrected chi connectivity index (χ1v) is 12.4. The van der Waals surface area contributed by atoms with Crippen LogP contribution < -0.4 is 10.1 Å². The van der Waals surface area contributed by atoms with E-state index in [4.69, 9.17) is 9.84 Å². The van der Waals surface area contributed by atoms with Gasteiger partial charge in [-0.25, -0.2) is 0 Å². The van der Waals surface area contributed by atoms with Crippen molar-refractivity contribution in [2.24, 2.45) is 5.92 Å². The fourth-order valence-electron chi connectivity index (χ4n) is 4.44. The van der Waals surface area contributed by atoms with Crippen molar-refractivity contribution in [1.82, 2.24) is 4.90 Å². The molecule has 1 saturated heterocycles. The number of aliphatic carboxylic acids is 1. The molecular weight excluding hydrogens is 436 g/mol. The van der Waals surface area contributed by atoms with Crippen LogP contribution in [0.5, 0.6) is 5.75 Å². The lowest BCUT2D eigenvalue weighted by Gasteiger charge is -2.39. The van der Waals surface area contributed by atoms with E-state index in [-0.39, 0.29) is 30.5 Å². The molecule has 33 heavy (non-hydrogen) atoms. The van der Waals surface area contributed by atoms with E-state index >= 15 is 0 Å². The van der Waals surface area contributed by atoms with Crippen LogP contribution in [0.2, 0.25) is 0 Å². The molecule has 6 nitrogen and oxygen atoms in total. The number of ether oxygens (including phenoxy) is 1. The maximum absolute atomic E-state index is 13.5. The smallest absolute Gasteiger partial charge is 0.306 e. The highest BCUT2D eigenvalue weighted by molar-refractivity contribution is 8.05. The quantitative estimate of drug-likeness (QED) is 0.505. The largest absolute Gasteiger partial charge is 0.493 e. The third kappa shape index (κ3) is 5.90. The summed E-state index contributed by atoms with van der Waals surface area (Å²) in [6.07, 6.45) is 6.47. The normalized spacial score (nSPS) is 24.2. The number of amides is 1. The fourth-order valence-corrected chi connectivity index (χ4v) is 5.65. The molecule has 1 aliphatic carbocycles. The number of nitrogens with one attached hydrogen (secondary N) is 1. The number of anilines is 1. The lowest BCUT2D eigenvalue weighted by Crippen LogP contribution is -2.48. The minimum absolute atomic E-state index is 0.0395. The van der Waals surface area contributed by atoms with Gasteiger partial charge >= 0.3 is 5.97 Å². The van der Waals surface area contributed by atoms with E-state index in [0.29, 0.717) is 11.7 Å². The first-order chi connectivity index (χ1) is 16.0. The summed E-state index contributed by atoms with van der Waals surface area (Å²) in [6.45, 7) is 2.39. The molecule has 2 aliphatic rings. The summed E-state index contributed by atoms with van der Waals surface area (Å²) in [5, 5.41) is 12.3. The molecule has 0 spiro atoms. The Hall–Kier alpha value is -2.93. The van der Waals surface area contributed by atoms with E-state index < -0.39 is 5.97 Å². The number of carbonyl (C=O) groups excluding carboxylic acids is 1. The molecule has 0 aromatic heterocycles. The number of nitrogens with zero attached hydrogens (tertiary/aromatic N) is 1. The standard InChI is InChI=1S/C26H30N2O4S/c1-18-7-5-6-10-22(18)28-25(31)23(33-26(28)27-20-8-3-2-4-9-20)17-19-11-13-21(14-12-19)32-16-15-24(29)30/h2-4,8-9,11-14,17-18,22,26-27H,5-7,10,15-16H2,1H3,(H,29,30)/b23-17-/t18-,22+,26?/m0/s1. The maximum atomic E-state index is 13.5. The van der Waals surface area contributed by atoms with Crippen LogP contribution in [-0.4, -0.2) is 40.0 Å². The van der Waals surface area contributed by atoms with E-state index in [2.05, 4.69) is 17.1 Å². The summed E-state index contributed by atoms with van der Waals surface area (Å²) < 4.78 is 5.46. The molecule has 3 atom stereocenters. The van der Waals surface area contributed by atoms with Crippen molar-refractivity contribution >= 4 is 35.4 Å². The Bertz CT molecular complexity index is 993. The molecule has 7 heteroatoms. The number of rotatable bonds is 8. The number of hydrogen-bond donors (Lipinski definition) is 2. The molecule has 2 aromatic rings. The zero-order valence-electron chi connectivity index (χ0n) is 18.8. The monoisotopic (exact) mass is 466 g/mol. The van der Waals surface area contributed by atoms with Gasteiger partial charge in [-0.05, 0) is 54.7 Å². The van der Waals surface area contributed by atoms with Crippen LogP contribution in [0.25, 0.3) is 6.08 Å². The molecule has 4 rings (SSSR count). The molecule has 1 aliphatic heterocycles. The Morgan fingerprint density at radius 2 is 1.88 bits per heavy atom. The summed E-state index contributed by atoms with van der Waals surface area (Å²) in [5.74, 6) is 0.285. The lowest BCUT2D eigenvalue weighted by atomic mass is 9.85. The number of carboxylic acids is 1. The first-order valence-electron chi connectivity index (χ1n) is 11.5. The summed E-state index contributed by atoms with van der Waals surface area (Å²) in [6, 6.07) is 17.7. The van der Waals surface area contributed by atoms with E-state index in [1.807, 2.05) is 48.5 Å². The van der Waals surface area contributed by atoms with Crippen LogP contribution in [0.1, 0.15) is 44.6 Å². The van der Waals surface area contributed by atoms with Crippen LogP contribution in [0.4, 0.5) is 5.69 Å².